The zero-order valence-corrected chi connectivity index (χ0v) is 10.2. The van der Waals surface area contributed by atoms with Gasteiger partial charge in [-0.05, 0) is 34.7 Å². The second-order valence-corrected chi connectivity index (χ2v) is 4.40. The van der Waals surface area contributed by atoms with Gasteiger partial charge < -0.3 is 10.8 Å². The lowest BCUT2D eigenvalue weighted by Crippen LogP contribution is -2.08. The van der Waals surface area contributed by atoms with Crippen LogP contribution in [0.1, 0.15) is 10.4 Å². The molecule has 0 aliphatic heterocycles. The Hall–Kier alpha value is -1.57. The molecule has 0 fully saturated rings. The summed E-state index contributed by atoms with van der Waals surface area (Å²) >= 11 is 2.10. The maximum Gasteiger partial charge on any atom is 0.337 e. The van der Waals surface area contributed by atoms with Gasteiger partial charge in [0.25, 0.3) is 0 Å². The molecule has 0 amide bonds. The van der Waals surface area contributed by atoms with Crippen LogP contribution in [0.5, 0.6) is 0 Å². The van der Waals surface area contributed by atoms with Crippen molar-refractivity contribution in [3.63, 3.8) is 0 Å². The topological polar surface area (TPSA) is 81.1 Å². The highest BCUT2D eigenvalue weighted by Crippen LogP contribution is 2.22. The first-order valence-electron chi connectivity index (χ1n) is 4.42. The van der Waals surface area contributed by atoms with Crippen LogP contribution in [0.15, 0.2) is 30.6 Å². The minimum atomic E-state index is -1.02. The number of carboxylic acid groups (broad SMARTS) is 1. The van der Waals surface area contributed by atoms with Crippen LogP contribution in [0.3, 0.4) is 0 Å². The SMILES string of the molecule is Nc1cccc(C(=O)O)c1-n1cc(I)cn1. The van der Waals surface area contributed by atoms with Crippen molar-refractivity contribution >= 4 is 34.2 Å². The Balaban J connectivity index is 2.67. The van der Waals surface area contributed by atoms with Crippen LogP contribution in [0, 0.1) is 3.57 Å². The molecule has 0 saturated carbocycles. The van der Waals surface area contributed by atoms with E-state index in [1.165, 1.54) is 10.7 Å². The molecular weight excluding hydrogens is 321 g/mol. The number of halogens is 1. The molecule has 1 heterocycles. The zero-order chi connectivity index (χ0) is 11.7. The number of para-hydroxylation sites is 1. The molecule has 82 valence electrons. The van der Waals surface area contributed by atoms with Crippen molar-refractivity contribution in [3.05, 3.63) is 39.7 Å². The summed E-state index contributed by atoms with van der Waals surface area (Å²) in [5.74, 6) is -1.02. The quantitative estimate of drug-likeness (QED) is 0.650. The van der Waals surface area contributed by atoms with E-state index in [1.54, 1.807) is 24.5 Å². The smallest absolute Gasteiger partial charge is 0.337 e. The minimum Gasteiger partial charge on any atom is -0.478 e. The number of carboxylic acids is 1. The lowest BCUT2D eigenvalue weighted by Gasteiger charge is -2.08. The second-order valence-electron chi connectivity index (χ2n) is 3.15. The summed E-state index contributed by atoms with van der Waals surface area (Å²) in [6, 6.07) is 4.76. The van der Waals surface area contributed by atoms with Crippen molar-refractivity contribution in [2.75, 3.05) is 5.73 Å². The largest absolute Gasteiger partial charge is 0.478 e. The summed E-state index contributed by atoms with van der Waals surface area (Å²) in [5.41, 5.74) is 6.70. The summed E-state index contributed by atoms with van der Waals surface area (Å²) in [7, 11) is 0. The Kier molecular flexibility index (Phi) is 2.82. The van der Waals surface area contributed by atoms with E-state index in [-0.39, 0.29) is 5.56 Å². The van der Waals surface area contributed by atoms with Gasteiger partial charge in [0.05, 0.1) is 21.0 Å². The van der Waals surface area contributed by atoms with Crippen molar-refractivity contribution in [1.82, 2.24) is 9.78 Å². The highest BCUT2D eigenvalue weighted by molar-refractivity contribution is 14.1. The third-order valence-electron chi connectivity index (χ3n) is 2.08. The van der Waals surface area contributed by atoms with Crippen molar-refractivity contribution in [2.24, 2.45) is 0 Å². The van der Waals surface area contributed by atoms with Gasteiger partial charge in [0.1, 0.15) is 5.69 Å². The molecule has 0 bridgehead atoms. The molecule has 0 atom stereocenters. The molecule has 2 aromatic rings. The third-order valence-corrected chi connectivity index (χ3v) is 2.63. The lowest BCUT2D eigenvalue weighted by molar-refractivity contribution is 0.0697. The molecule has 0 radical (unpaired) electrons. The molecule has 5 nitrogen and oxygen atoms in total. The van der Waals surface area contributed by atoms with E-state index in [0.717, 1.165) is 3.57 Å². The van der Waals surface area contributed by atoms with Crippen LogP contribution < -0.4 is 5.73 Å². The van der Waals surface area contributed by atoms with E-state index in [1.807, 2.05) is 0 Å². The van der Waals surface area contributed by atoms with Crippen molar-refractivity contribution in [3.8, 4) is 5.69 Å². The number of carbonyl (C=O) groups is 1. The summed E-state index contributed by atoms with van der Waals surface area (Å²) in [6.45, 7) is 0. The molecule has 16 heavy (non-hydrogen) atoms. The summed E-state index contributed by atoms with van der Waals surface area (Å²) in [4.78, 5) is 11.1. The fraction of sp³-hybridized carbons (Fsp3) is 0. The van der Waals surface area contributed by atoms with E-state index < -0.39 is 5.97 Å². The van der Waals surface area contributed by atoms with Gasteiger partial charge in [-0.3, -0.25) is 0 Å². The van der Waals surface area contributed by atoms with Crippen LogP contribution in [0.25, 0.3) is 5.69 Å². The normalized spacial score (nSPS) is 10.3. The van der Waals surface area contributed by atoms with Crippen molar-refractivity contribution in [1.29, 1.82) is 0 Å². The number of rotatable bonds is 2. The molecule has 1 aromatic carbocycles. The molecule has 3 N–H and O–H groups in total. The molecule has 1 aromatic heterocycles. The Morgan fingerprint density at radius 2 is 2.25 bits per heavy atom. The van der Waals surface area contributed by atoms with Gasteiger partial charge >= 0.3 is 5.97 Å². The highest BCUT2D eigenvalue weighted by Gasteiger charge is 2.14. The van der Waals surface area contributed by atoms with Gasteiger partial charge in [-0.1, -0.05) is 6.07 Å². The average Bonchev–Trinajstić information content (AvgIpc) is 2.64. The third kappa shape index (κ3) is 1.87. The van der Waals surface area contributed by atoms with Crippen molar-refractivity contribution < 1.29 is 9.90 Å². The van der Waals surface area contributed by atoms with E-state index in [0.29, 0.717) is 11.4 Å². The van der Waals surface area contributed by atoms with Gasteiger partial charge in [-0.25, -0.2) is 9.48 Å². The number of hydrogen-bond donors (Lipinski definition) is 2. The first-order valence-corrected chi connectivity index (χ1v) is 5.50. The van der Waals surface area contributed by atoms with Gasteiger partial charge in [-0.15, -0.1) is 0 Å². The predicted molar refractivity (Wildman–Crippen MR) is 67.7 cm³/mol. The average molecular weight is 329 g/mol. The fourth-order valence-electron chi connectivity index (χ4n) is 1.41. The minimum absolute atomic E-state index is 0.138. The Bertz CT molecular complexity index is 551. The van der Waals surface area contributed by atoms with Crippen LogP contribution in [0.4, 0.5) is 5.69 Å². The monoisotopic (exact) mass is 329 g/mol. The van der Waals surface area contributed by atoms with Gasteiger partial charge in [0, 0.05) is 6.20 Å². The molecule has 2 rings (SSSR count). The first kappa shape index (κ1) is 10.9. The first-order chi connectivity index (χ1) is 7.59. The van der Waals surface area contributed by atoms with Crippen LogP contribution in [-0.4, -0.2) is 20.9 Å². The number of hydrogen-bond acceptors (Lipinski definition) is 3. The molecule has 0 unspecified atom stereocenters. The number of nitrogens with zero attached hydrogens (tertiary/aromatic N) is 2. The summed E-state index contributed by atoms with van der Waals surface area (Å²) < 4.78 is 2.39. The van der Waals surface area contributed by atoms with E-state index >= 15 is 0 Å². The second kappa shape index (κ2) is 4.12. The maximum atomic E-state index is 11.1. The van der Waals surface area contributed by atoms with E-state index in [9.17, 15) is 4.79 Å². The number of nitrogen functional groups attached to an aromatic ring is 1. The zero-order valence-electron chi connectivity index (χ0n) is 8.09. The Morgan fingerprint density at radius 1 is 1.50 bits per heavy atom. The molecule has 0 aliphatic carbocycles. The Morgan fingerprint density at radius 3 is 2.81 bits per heavy atom. The van der Waals surface area contributed by atoms with Crippen molar-refractivity contribution in [2.45, 2.75) is 0 Å². The van der Waals surface area contributed by atoms with E-state index in [2.05, 4.69) is 27.7 Å². The molecular formula is C10H8IN3O2. The fourth-order valence-corrected chi connectivity index (χ4v) is 1.80. The van der Waals surface area contributed by atoms with Crippen LogP contribution in [0.2, 0.25) is 0 Å². The summed E-state index contributed by atoms with van der Waals surface area (Å²) in [6.07, 6.45) is 3.36. The van der Waals surface area contributed by atoms with Gasteiger partial charge in [-0.2, -0.15) is 5.10 Å². The van der Waals surface area contributed by atoms with Crippen LogP contribution in [-0.2, 0) is 0 Å². The number of benzene rings is 1. The maximum absolute atomic E-state index is 11.1. The van der Waals surface area contributed by atoms with Gasteiger partial charge in [0.2, 0.25) is 0 Å². The number of aromatic carboxylic acids is 1. The highest BCUT2D eigenvalue weighted by atomic mass is 127. The molecule has 0 spiro atoms. The lowest BCUT2D eigenvalue weighted by atomic mass is 10.1. The van der Waals surface area contributed by atoms with Crippen LogP contribution >= 0.6 is 22.6 Å². The standard InChI is InChI=1S/C10H8IN3O2/c11-6-4-13-14(5-6)9-7(10(15)16)2-1-3-8(9)12/h1-5H,12H2,(H,15,16). The number of aromatic nitrogens is 2. The molecule has 0 aliphatic rings. The number of nitrogens with two attached hydrogens (primary N) is 1. The molecule has 6 heteroatoms. The Labute approximate surface area is 105 Å². The molecule has 0 saturated heterocycles. The predicted octanol–water partition coefficient (Wildman–Crippen LogP) is 1.76. The number of anilines is 1. The van der Waals surface area contributed by atoms with E-state index in [4.69, 9.17) is 10.8 Å². The van der Waals surface area contributed by atoms with Gasteiger partial charge in [0.15, 0.2) is 0 Å². The summed E-state index contributed by atoms with van der Waals surface area (Å²) in [5, 5.41) is 13.1.